The van der Waals surface area contributed by atoms with E-state index >= 15 is 0 Å². The summed E-state index contributed by atoms with van der Waals surface area (Å²) in [5.74, 6) is 1.65. The SMILES string of the molecule is CCNC(=NCCCCN(C)C(C)C)NCCc1ccc(OC)cc1Cl. The molecular formula is C20H35ClN4O. The van der Waals surface area contributed by atoms with E-state index in [1.807, 2.05) is 18.2 Å². The van der Waals surface area contributed by atoms with Gasteiger partial charge in [-0.05, 0) is 71.3 Å². The van der Waals surface area contributed by atoms with Crippen LogP contribution in [0.3, 0.4) is 0 Å². The first-order valence-electron chi connectivity index (χ1n) is 9.52. The zero-order valence-electron chi connectivity index (χ0n) is 16.9. The molecule has 0 aliphatic heterocycles. The highest BCUT2D eigenvalue weighted by Crippen LogP contribution is 2.22. The molecule has 0 aliphatic carbocycles. The maximum atomic E-state index is 6.29. The molecule has 0 unspecified atom stereocenters. The number of aliphatic imine (C=N–C) groups is 1. The standard InChI is InChI=1S/C20H35ClN4O/c1-6-22-20(23-12-7-8-14-25(4)16(2)3)24-13-11-17-9-10-18(26-5)15-19(17)21/h9-10,15-16H,6-8,11-14H2,1-5H3,(H2,22,23,24). The number of rotatable bonds is 11. The number of unbranched alkanes of at least 4 members (excludes halogenated alkanes) is 1. The van der Waals surface area contributed by atoms with Crippen LogP contribution in [0.15, 0.2) is 23.2 Å². The summed E-state index contributed by atoms with van der Waals surface area (Å²) in [6.07, 6.45) is 3.10. The summed E-state index contributed by atoms with van der Waals surface area (Å²) in [6.45, 7) is 10.1. The lowest BCUT2D eigenvalue weighted by Gasteiger charge is -2.20. The van der Waals surface area contributed by atoms with E-state index < -0.39 is 0 Å². The average molecular weight is 383 g/mol. The Balaban J connectivity index is 2.38. The van der Waals surface area contributed by atoms with Crippen LogP contribution in [-0.4, -0.2) is 57.2 Å². The molecule has 6 heteroatoms. The largest absolute Gasteiger partial charge is 0.497 e. The van der Waals surface area contributed by atoms with Gasteiger partial charge < -0.3 is 20.3 Å². The quantitative estimate of drug-likeness (QED) is 0.349. The van der Waals surface area contributed by atoms with Crippen molar-refractivity contribution in [2.75, 3.05) is 40.3 Å². The Labute approximate surface area is 164 Å². The molecule has 1 rings (SSSR count). The van der Waals surface area contributed by atoms with Crippen LogP contribution in [0.25, 0.3) is 0 Å². The van der Waals surface area contributed by atoms with Gasteiger partial charge in [0, 0.05) is 30.7 Å². The fourth-order valence-corrected chi connectivity index (χ4v) is 2.70. The number of nitrogens with zero attached hydrogens (tertiary/aromatic N) is 2. The maximum absolute atomic E-state index is 6.29. The minimum Gasteiger partial charge on any atom is -0.497 e. The van der Waals surface area contributed by atoms with Crippen molar-refractivity contribution in [1.29, 1.82) is 0 Å². The van der Waals surface area contributed by atoms with Crippen molar-refractivity contribution in [3.05, 3.63) is 28.8 Å². The van der Waals surface area contributed by atoms with Crippen LogP contribution in [0, 0.1) is 0 Å². The molecular weight excluding hydrogens is 348 g/mol. The molecule has 148 valence electrons. The second-order valence-corrected chi connectivity index (χ2v) is 7.08. The van der Waals surface area contributed by atoms with Crippen LogP contribution in [-0.2, 0) is 6.42 Å². The van der Waals surface area contributed by atoms with Crippen molar-refractivity contribution in [3.8, 4) is 5.75 Å². The Hall–Kier alpha value is -1.46. The molecule has 0 atom stereocenters. The fourth-order valence-electron chi connectivity index (χ4n) is 2.44. The topological polar surface area (TPSA) is 48.9 Å². The molecule has 0 saturated carbocycles. The number of guanidine groups is 1. The van der Waals surface area contributed by atoms with Gasteiger partial charge in [-0.25, -0.2) is 0 Å². The van der Waals surface area contributed by atoms with E-state index in [1.165, 1.54) is 6.42 Å². The predicted molar refractivity (Wildman–Crippen MR) is 113 cm³/mol. The molecule has 0 heterocycles. The van der Waals surface area contributed by atoms with Crippen LogP contribution in [0.4, 0.5) is 0 Å². The van der Waals surface area contributed by atoms with Gasteiger partial charge in [0.2, 0.25) is 0 Å². The van der Waals surface area contributed by atoms with Crippen molar-refractivity contribution >= 4 is 17.6 Å². The van der Waals surface area contributed by atoms with Crippen LogP contribution in [0.2, 0.25) is 5.02 Å². The summed E-state index contributed by atoms with van der Waals surface area (Å²) >= 11 is 6.29. The fraction of sp³-hybridized carbons (Fsp3) is 0.650. The van der Waals surface area contributed by atoms with Crippen LogP contribution in [0.5, 0.6) is 5.75 Å². The average Bonchev–Trinajstić information content (AvgIpc) is 2.62. The highest BCUT2D eigenvalue weighted by Gasteiger charge is 2.04. The molecule has 0 saturated heterocycles. The summed E-state index contributed by atoms with van der Waals surface area (Å²) in [4.78, 5) is 7.03. The Morgan fingerprint density at radius 3 is 2.65 bits per heavy atom. The second-order valence-electron chi connectivity index (χ2n) is 6.68. The van der Waals surface area contributed by atoms with E-state index in [0.717, 1.165) is 61.3 Å². The number of ether oxygens (including phenoxy) is 1. The number of hydrogen-bond donors (Lipinski definition) is 2. The van der Waals surface area contributed by atoms with Crippen molar-refractivity contribution < 1.29 is 4.74 Å². The molecule has 1 aromatic rings. The van der Waals surface area contributed by atoms with Gasteiger partial charge in [0.25, 0.3) is 0 Å². The van der Waals surface area contributed by atoms with Gasteiger partial charge in [0.15, 0.2) is 5.96 Å². The number of benzene rings is 1. The third kappa shape index (κ3) is 8.77. The minimum atomic E-state index is 0.599. The summed E-state index contributed by atoms with van der Waals surface area (Å²) < 4.78 is 5.18. The third-order valence-electron chi connectivity index (χ3n) is 4.36. The zero-order chi connectivity index (χ0) is 19.4. The van der Waals surface area contributed by atoms with E-state index in [9.17, 15) is 0 Å². The summed E-state index contributed by atoms with van der Waals surface area (Å²) in [5.41, 5.74) is 1.10. The molecule has 0 bridgehead atoms. The smallest absolute Gasteiger partial charge is 0.191 e. The van der Waals surface area contributed by atoms with Crippen LogP contribution in [0.1, 0.15) is 39.2 Å². The second kappa shape index (κ2) is 12.8. The minimum absolute atomic E-state index is 0.599. The normalized spacial score (nSPS) is 11.9. The Morgan fingerprint density at radius 1 is 1.27 bits per heavy atom. The first kappa shape index (κ1) is 22.6. The van der Waals surface area contributed by atoms with E-state index in [2.05, 4.69) is 48.3 Å². The summed E-state index contributed by atoms with van der Waals surface area (Å²) in [6, 6.07) is 6.40. The third-order valence-corrected chi connectivity index (χ3v) is 4.71. The Morgan fingerprint density at radius 2 is 2.04 bits per heavy atom. The van der Waals surface area contributed by atoms with Gasteiger partial charge >= 0.3 is 0 Å². The Bertz CT molecular complexity index is 549. The van der Waals surface area contributed by atoms with Gasteiger partial charge in [0.1, 0.15) is 5.75 Å². The van der Waals surface area contributed by atoms with Crippen molar-refractivity contribution in [1.82, 2.24) is 15.5 Å². The molecule has 26 heavy (non-hydrogen) atoms. The Kier molecular flexibility index (Phi) is 11.1. The highest BCUT2D eigenvalue weighted by molar-refractivity contribution is 6.31. The van der Waals surface area contributed by atoms with Crippen molar-refractivity contribution in [2.45, 2.75) is 46.1 Å². The summed E-state index contributed by atoms with van der Waals surface area (Å²) in [7, 11) is 3.82. The molecule has 0 amide bonds. The lowest BCUT2D eigenvalue weighted by molar-refractivity contribution is 0.269. The number of nitrogens with one attached hydrogen (secondary N) is 2. The monoisotopic (exact) mass is 382 g/mol. The lowest BCUT2D eigenvalue weighted by atomic mass is 10.1. The van der Waals surface area contributed by atoms with Gasteiger partial charge in [0.05, 0.1) is 7.11 Å². The molecule has 0 aromatic heterocycles. The predicted octanol–water partition coefficient (Wildman–Crippen LogP) is 3.57. The first-order valence-corrected chi connectivity index (χ1v) is 9.90. The number of halogens is 1. The van der Waals surface area contributed by atoms with Gasteiger partial charge in [-0.3, -0.25) is 4.99 Å². The molecule has 0 radical (unpaired) electrons. The van der Waals surface area contributed by atoms with E-state index in [4.69, 9.17) is 16.3 Å². The maximum Gasteiger partial charge on any atom is 0.191 e. The van der Waals surface area contributed by atoms with Gasteiger partial charge in [-0.2, -0.15) is 0 Å². The number of methoxy groups -OCH3 is 1. The first-order chi connectivity index (χ1) is 12.5. The van der Waals surface area contributed by atoms with Gasteiger partial charge in [-0.15, -0.1) is 0 Å². The molecule has 2 N–H and O–H groups in total. The van der Waals surface area contributed by atoms with Crippen LogP contribution >= 0.6 is 11.6 Å². The lowest BCUT2D eigenvalue weighted by Crippen LogP contribution is -2.38. The summed E-state index contributed by atoms with van der Waals surface area (Å²) in [5, 5.41) is 7.41. The molecule has 0 aliphatic rings. The van der Waals surface area contributed by atoms with Gasteiger partial charge in [-0.1, -0.05) is 17.7 Å². The molecule has 1 aromatic carbocycles. The molecule has 0 fully saturated rings. The van der Waals surface area contributed by atoms with Crippen molar-refractivity contribution in [3.63, 3.8) is 0 Å². The zero-order valence-corrected chi connectivity index (χ0v) is 17.7. The molecule has 5 nitrogen and oxygen atoms in total. The molecule has 0 spiro atoms. The van der Waals surface area contributed by atoms with E-state index in [1.54, 1.807) is 7.11 Å². The highest BCUT2D eigenvalue weighted by atomic mass is 35.5. The van der Waals surface area contributed by atoms with Crippen LogP contribution < -0.4 is 15.4 Å². The van der Waals surface area contributed by atoms with Crippen molar-refractivity contribution in [2.24, 2.45) is 4.99 Å². The number of hydrogen-bond acceptors (Lipinski definition) is 3. The van der Waals surface area contributed by atoms with E-state index in [-0.39, 0.29) is 0 Å². The van der Waals surface area contributed by atoms with E-state index in [0.29, 0.717) is 6.04 Å².